The summed E-state index contributed by atoms with van der Waals surface area (Å²) < 4.78 is 4.70. The van der Waals surface area contributed by atoms with Crippen LogP contribution in [0.2, 0.25) is 0 Å². The Morgan fingerprint density at radius 2 is 2.14 bits per heavy atom. The second-order valence-corrected chi connectivity index (χ2v) is 3.46. The molecule has 0 aromatic heterocycles. The molecule has 0 atom stereocenters. The van der Waals surface area contributed by atoms with E-state index in [1.807, 2.05) is 18.2 Å². The van der Waals surface area contributed by atoms with E-state index in [0.29, 0.717) is 11.6 Å². The topological polar surface area (TPSA) is 38.3 Å². The van der Waals surface area contributed by atoms with Gasteiger partial charge in [0.05, 0.1) is 12.7 Å². The molecule has 0 radical (unpaired) electrons. The van der Waals surface area contributed by atoms with Crippen LogP contribution in [0.15, 0.2) is 24.3 Å². The zero-order chi connectivity index (χ0) is 9.97. The van der Waals surface area contributed by atoms with Crippen molar-refractivity contribution in [1.82, 2.24) is 0 Å². The van der Waals surface area contributed by atoms with Gasteiger partial charge in [-0.3, -0.25) is 0 Å². The van der Waals surface area contributed by atoms with Crippen molar-refractivity contribution in [1.29, 1.82) is 0 Å². The lowest BCUT2D eigenvalue weighted by molar-refractivity contribution is 0.0602. The summed E-state index contributed by atoms with van der Waals surface area (Å²) in [6.45, 7) is 0. The van der Waals surface area contributed by atoms with Crippen LogP contribution in [0.25, 0.3) is 0 Å². The molecule has 1 saturated carbocycles. The number of carbonyl (C=O) groups is 1. The van der Waals surface area contributed by atoms with Crippen molar-refractivity contribution in [2.45, 2.75) is 18.9 Å². The minimum atomic E-state index is -0.284. The normalized spacial score (nSPS) is 14.9. The Morgan fingerprint density at radius 1 is 1.43 bits per heavy atom. The fraction of sp³-hybridized carbons (Fsp3) is 0.364. The Hall–Kier alpha value is -1.51. The molecule has 1 aromatic carbocycles. The van der Waals surface area contributed by atoms with Crippen LogP contribution >= 0.6 is 0 Å². The molecule has 74 valence electrons. The first-order valence-electron chi connectivity index (χ1n) is 4.75. The number of carbonyl (C=O) groups excluding carboxylic acids is 1. The van der Waals surface area contributed by atoms with Crippen molar-refractivity contribution < 1.29 is 9.53 Å². The molecule has 1 aromatic rings. The number of methoxy groups -OCH3 is 1. The molecule has 3 nitrogen and oxygen atoms in total. The molecular formula is C11H13NO2. The lowest BCUT2D eigenvalue weighted by Gasteiger charge is -2.08. The number of anilines is 1. The molecule has 0 saturated heterocycles. The summed E-state index contributed by atoms with van der Waals surface area (Å²) in [5.74, 6) is -0.284. The van der Waals surface area contributed by atoms with Gasteiger partial charge in [-0.05, 0) is 25.0 Å². The standard InChI is InChI=1S/C11H13NO2/c1-14-11(13)9-4-2-3-5-10(9)12-8-6-7-8/h2-5,8,12H,6-7H2,1H3. The smallest absolute Gasteiger partial charge is 0.339 e. The average Bonchev–Trinajstić information content (AvgIpc) is 3.01. The lowest BCUT2D eigenvalue weighted by atomic mass is 10.2. The maximum Gasteiger partial charge on any atom is 0.339 e. The van der Waals surface area contributed by atoms with Crippen LogP contribution < -0.4 is 5.32 Å². The minimum absolute atomic E-state index is 0.284. The number of ether oxygens (including phenoxy) is 1. The van der Waals surface area contributed by atoms with Gasteiger partial charge >= 0.3 is 5.97 Å². The van der Waals surface area contributed by atoms with Gasteiger partial charge in [0.15, 0.2) is 0 Å². The van der Waals surface area contributed by atoms with Crippen LogP contribution in [0.4, 0.5) is 5.69 Å². The van der Waals surface area contributed by atoms with Gasteiger partial charge < -0.3 is 10.1 Å². The third kappa shape index (κ3) is 1.87. The summed E-state index contributed by atoms with van der Waals surface area (Å²) in [5.41, 5.74) is 1.49. The number of para-hydroxylation sites is 1. The third-order valence-corrected chi connectivity index (χ3v) is 2.27. The highest BCUT2D eigenvalue weighted by molar-refractivity contribution is 5.95. The summed E-state index contributed by atoms with van der Waals surface area (Å²) in [4.78, 5) is 11.4. The van der Waals surface area contributed by atoms with E-state index in [4.69, 9.17) is 4.74 Å². The molecule has 0 unspecified atom stereocenters. The monoisotopic (exact) mass is 191 g/mol. The molecule has 14 heavy (non-hydrogen) atoms. The van der Waals surface area contributed by atoms with E-state index in [-0.39, 0.29) is 5.97 Å². The van der Waals surface area contributed by atoms with Crippen molar-refractivity contribution in [2.24, 2.45) is 0 Å². The Kier molecular flexibility index (Phi) is 2.39. The molecule has 1 N–H and O–H groups in total. The zero-order valence-electron chi connectivity index (χ0n) is 8.12. The van der Waals surface area contributed by atoms with Gasteiger partial charge in [0, 0.05) is 11.7 Å². The van der Waals surface area contributed by atoms with Crippen LogP contribution in [0.5, 0.6) is 0 Å². The molecule has 3 heteroatoms. The Balaban J connectivity index is 2.22. The number of hydrogen-bond acceptors (Lipinski definition) is 3. The summed E-state index contributed by atoms with van der Waals surface area (Å²) in [6.07, 6.45) is 2.38. The fourth-order valence-electron chi connectivity index (χ4n) is 1.34. The van der Waals surface area contributed by atoms with Gasteiger partial charge in [-0.1, -0.05) is 12.1 Å². The largest absolute Gasteiger partial charge is 0.465 e. The van der Waals surface area contributed by atoms with Crippen LogP contribution in [-0.4, -0.2) is 19.1 Å². The summed E-state index contributed by atoms with van der Waals surface area (Å²) in [6, 6.07) is 7.98. The first-order valence-corrected chi connectivity index (χ1v) is 4.75. The van der Waals surface area contributed by atoms with Crippen molar-refractivity contribution in [3.05, 3.63) is 29.8 Å². The van der Waals surface area contributed by atoms with Gasteiger partial charge in [-0.2, -0.15) is 0 Å². The Morgan fingerprint density at radius 3 is 2.79 bits per heavy atom. The highest BCUT2D eigenvalue weighted by atomic mass is 16.5. The van der Waals surface area contributed by atoms with Crippen molar-refractivity contribution in [2.75, 3.05) is 12.4 Å². The molecule has 2 rings (SSSR count). The zero-order valence-corrected chi connectivity index (χ0v) is 8.12. The number of nitrogens with one attached hydrogen (secondary N) is 1. The number of hydrogen-bond donors (Lipinski definition) is 1. The minimum Gasteiger partial charge on any atom is -0.465 e. The molecule has 1 aliphatic rings. The van der Waals surface area contributed by atoms with Gasteiger partial charge in [0.1, 0.15) is 0 Å². The SMILES string of the molecule is COC(=O)c1ccccc1NC1CC1. The molecule has 0 spiro atoms. The third-order valence-electron chi connectivity index (χ3n) is 2.27. The van der Waals surface area contributed by atoms with E-state index in [0.717, 1.165) is 5.69 Å². The highest BCUT2D eigenvalue weighted by Gasteiger charge is 2.22. The molecule has 0 bridgehead atoms. The van der Waals surface area contributed by atoms with Crippen LogP contribution in [0.1, 0.15) is 23.2 Å². The summed E-state index contributed by atoms with van der Waals surface area (Å²) in [7, 11) is 1.40. The number of benzene rings is 1. The van der Waals surface area contributed by atoms with Crippen LogP contribution in [-0.2, 0) is 4.74 Å². The van der Waals surface area contributed by atoms with Gasteiger partial charge in [-0.15, -0.1) is 0 Å². The Labute approximate surface area is 83.1 Å². The first kappa shape index (κ1) is 9.06. The van der Waals surface area contributed by atoms with E-state index >= 15 is 0 Å². The van der Waals surface area contributed by atoms with Crippen molar-refractivity contribution in [3.63, 3.8) is 0 Å². The predicted octanol–water partition coefficient (Wildman–Crippen LogP) is 2.05. The molecule has 1 aliphatic carbocycles. The maximum atomic E-state index is 11.4. The van der Waals surface area contributed by atoms with Gasteiger partial charge in [0.2, 0.25) is 0 Å². The van der Waals surface area contributed by atoms with E-state index < -0.39 is 0 Å². The van der Waals surface area contributed by atoms with E-state index in [1.54, 1.807) is 6.07 Å². The molecular weight excluding hydrogens is 178 g/mol. The average molecular weight is 191 g/mol. The lowest BCUT2D eigenvalue weighted by Crippen LogP contribution is -2.09. The van der Waals surface area contributed by atoms with E-state index in [2.05, 4.69) is 5.32 Å². The molecule has 0 aliphatic heterocycles. The highest BCUT2D eigenvalue weighted by Crippen LogP contribution is 2.26. The Bertz CT molecular complexity index is 345. The summed E-state index contributed by atoms with van der Waals surface area (Å²) in [5, 5.41) is 3.30. The van der Waals surface area contributed by atoms with Crippen molar-refractivity contribution in [3.8, 4) is 0 Å². The quantitative estimate of drug-likeness (QED) is 0.743. The van der Waals surface area contributed by atoms with Crippen LogP contribution in [0.3, 0.4) is 0 Å². The summed E-state index contributed by atoms with van der Waals surface area (Å²) >= 11 is 0. The fourth-order valence-corrected chi connectivity index (χ4v) is 1.34. The maximum absolute atomic E-state index is 11.4. The number of esters is 1. The second-order valence-electron chi connectivity index (χ2n) is 3.46. The molecule has 1 fully saturated rings. The van der Waals surface area contributed by atoms with E-state index in [9.17, 15) is 4.79 Å². The predicted molar refractivity (Wildman–Crippen MR) is 54.4 cm³/mol. The van der Waals surface area contributed by atoms with Crippen molar-refractivity contribution >= 4 is 11.7 Å². The van der Waals surface area contributed by atoms with Gasteiger partial charge in [0.25, 0.3) is 0 Å². The molecule has 0 heterocycles. The molecule has 0 amide bonds. The van der Waals surface area contributed by atoms with E-state index in [1.165, 1.54) is 20.0 Å². The second kappa shape index (κ2) is 3.70. The van der Waals surface area contributed by atoms with Crippen LogP contribution in [0, 0.1) is 0 Å². The number of rotatable bonds is 3. The van der Waals surface area contributed by atoms with Gasteiger partial charge in [-0.25, -0.2) is 4.79 Å². The first-order chi connectivity index (χ1) is 6.81.